The van der Waals surface area contributed by atoms with E-state index in [0.29, 0.717) is 36.6 Å². The van der Waals surface area contributed by atoms with Gasteiger partial charge in [0.2, 0.25) is 0 Å². The van der Waals surface area contributed by atoms with Gasteiger partial charge in [0.1, 0.15) is 0 Å². The lowest BCUT2D eigenvalue weighted by atomic mass is 9.48. The summed E-state index contributed by atoms with van der Waals surface area (Å²) in [7, 11) is 1.56. The van der Waals surface area contributed by atoms with Crippen LogP contribution in [-0.4, -0.2) is 43.5 Å². The van der Waals surface area contributed by atoms with E-state index >= 15 is 0 Å². The second-order valence-corrected chi connectivity index (χ2v) is 9.10. The van der Waals surface area contributed by atoms with Crippen molar-refractivity contribution in [1.29, 1.82) is 0 Å². The summed E-state index contributed by atoms with van der Waals surface area (Å²) < 4.78 is 10.4. The van der Waals surface area contributed by atoms with Crippen LogP contribution in [0.15, 0.2) is 18.2 Å². The molecule has 4 saturated carbocycles. The van der Waals surface area contributed by atoms with Crippen LogP contribution in [0.5, 0.6) is 0 Å². The number of rotatable bonds is 9. The van der Waals surface area contributed by atoms with E-state index in [1.807, 2.05) is 0 Å². The second-order valence-electron chi connectivity index (χ2n) is 9.10. The van der Waals surface area contributed by atoms with Crippen LogP contribution in [0.1, 0.15) is 48.9 Å². The second kappa shape index (κ2) is 8.34. The van der Waals surface area contributed by atoms with Crippen LogP contribution in [0.3, 0.4) is 0 Å². The molecular formula is C22H28N2O6. The minimum absolute atomic E-state index is 0.00859. The van der Waals surface area contributed by atoms with Gasteiger partial charge in [0.05, 0.1) is 17.1 Å². The van der Waals surface area contributed by atoms with Crippen LogP contribution in [-0.2, 0) is 14.3 Å². The van der Waals surface area contributed by atoms with Gasteiger partial charge in [-0.15, -0.1) is 0 Å². The van der Waals surface area contributed by atoms with Gasteiger partial charge in [0, 0.05) is 36.9 Å². The van der Waals surface area contributed by atoms with Crippen LogP contribution >= 0.6 is 0 Å². The molecule has 0 unspecified atom stereocenters. The molecule has 1 N–H and O–H groups in total. The van der Waals surface area contributed by atoms with Crippen molar-refractivity contribution in [2.24, 2.45) is 23.2 Å². The van der Waals surface area contributed by atoms with Gasteiger partial charge in [0.25, 0.3) is 5.69 Å². The highest BCUT2D eigenvalue weighted by Crippen LogP contribution is 2.60. The number of hydrogen-bond acceptors (Lipinski definition) is 7. The van der Waals surface area contributed by atoms with Crippen LogP contribution < -0.4 is 5.32 Å². The molecule has 0 radical (unpaired) electrons. The van der Waals surface area contributed by atoms with Crippen LogP contribution in [0.4, 0.5) is 11.4 Å². The highest BCUT2D eigenvalue weighted by molar-refractivity contribution is 5.98. The number of ketones is 1. The molecule has 8 heteroatoms. The Morgan fingerprint density at radius 1 is 1.17 bits per heavy atom. The van der Waals surface area contributed by atoms with Gasteiger partial charge in [-0.1, -0.05) is 0 Å². The third kappa shape index (κ3) is 4.05. The van der Waals surface area contributed by atoms with Crippen LogP contribution in [0.25, 0.3) is 0 Å². The molecule has 0 amide bonds. The maximum Gasteiger partial charge on any atom is 0.340 e. The number of anilines is 1. The number of non-ortho nitro benzene ring substituents is 1. The third-order valence-corrected chi connectivity index (χ3v) is 7.02. The van der Waals surface area contributed by atoms with Gasteiger partial charge < -0.3 is 14.8 Å². The lowest BCUT2D eigenvalue weighted by Gasteiger charge is -2.55. The number of nitro groups is 1. The Morgan fingerprint density at radius 3 is 2.37 bits per heavy atom. The molecule has 4 bridgehead atoms. The van der Waals surface area contributed by atoms with Gasteiger partial charge in [-0.3, -0.25) is 14.9 Å². The van der Waals surface area contributed by atoms with Crippen molar-refractivity contribution in [2.45, 2.75) is 38.5 Å². The number of nitro benzene ring substituents is 1. The zero-order valence-electron chi connectivity index (χ0n) is 17.2. The first-order chi connectivity index (χ1) is 14.4. The minimum atomic E-state index is -0.725. The molecule has 4 aliphatic carbocycles. The summed E-state index contributed by atoms with van der Waals surface area (Å²) in [6, 6.07) is 3.99. The van der Waals surface area contributed by atoms with Crippen molar-refractivity contribution >= 4 is 23.1 Å². The Morgan fingerprint density at radius 2 is 1.80 bits per heavy atom. The van der Waals surface area contributed by atoms with E-state index in [9.17, 15) is 19.7 Å². The number of Topliss-reactive ketones (excluding diaryl/α,β-unsaturated/α-hetero) is 1. The van der Waals surface area contributed by atoms with E-state index < -0.39 is 10.9 Å². The Balaban J connectivity index is 1.45. The average Bonchev–Trinajstić information content (AvgIpc) is 2.71. The molecule has 30 heavy (non-hydrogen) atoms. The Kier molecular flexibility index (Phi) is 5.77. The summed E-state index contributed by atoms with van der Waals surface area (Å²) in [6.07, 6.45) is 6.44. The molecule has 8 nitrogen and oxygen atoms in total. The molecule has 162 valence electrons. The average molecular weight is 416 g/mol. The quantitative estimate of drug-likeness (QED) is 0.284. The highest BCUT2D eigenvalue weighted by atomic mass is 16.6. The van der Waals surface area contributed by atoms with E-state index in [2.05, 4.69) is 5.32 Å². The molecule has 0 atom stereocenters. The van der Waals surface area contributed by atoms with E-state index in [-0.39, 0.29) is 29.1 Å². The van der Waals surface area contributed by atoms with E-state index in [4.69, 9.17) is 9.47 Å². The van der Waals surface area contributed by atoms with Crippen molar-refractivity contribution < 1.29 is 24.0 Å². The Bertz CT molecular complexity index is 817. The lowest BCUT2D eigenvalue weighted by Crippen LogP contribution is -2.51. The van der Waals surface area contributed by atoms with Crippen molar-refractivity contribution in [3.8, 4) is 0 Å². The van der Waals surface area contributed by atoms with E-state index in [0.717, 1.165) is 19.3 Å². The number of hydrogen-bond donors (Lipinski definition) is 1. The summed E-state index contributed by atoms with van der Waals surface area (Å²) >= 11 is 0. The number of nitrogens with one attached hydrogen (secondary N) is 1. The molecule has 4 aliphatic rings. The third-order valence-electron chi connectivity index (χ3n) is 7.02. The van der Waals surface area contributed by atoms with Crippen LogP contribution in [0, 0.1) is 33.3 Å². The molecule has 4 fully saturated rings. The fraction of sp³-hybridized carbons (Fsp3) is 0.636. The van der Waals surface area contributed by atoms with E-state index in [1.54, 1.807) is 7.11 Å². The Hall–Kier alpha value is -2.48. The monoisotopic (exact) mass is 416 g/mol. The largest absolute Gasteiger partial charge is 0.454 e. The zero-order chi connectivity index (χ0) is 21.3. The van der Waals surface area contributed by atoms with Crippen molar-refractivity contribution in [3.05, 3.63) is 33.9 Å². The van der Waals surface area contributed by atoms with E-state index in [1.165, 1.54) is 37.5 Å². The summed E-state index contributed by atoms with van der Waals surface area (Å²) in [5.41, 5.74) is -0.0627. The predicted molar refractivity (Wildman–Crippen MR) is 109 cm³/mol. The summed E-state index contributed by atoms with van der Waals surface area (Å²) in [4.78, 5) is 36.4. The zero-order valence-corrected chi connectivity index (χ0v) is 17.2. The molecule has 0 saturated heterocycles. The number of esters is 1. The van der Waals surface area contributed by atoms with Crippen LogP contribution in [0.2, 0.25) is 0 Å². The fourth-order valence-electron chi connectivity index (χ4n) is 6.07. The van der Waals surface area contributed by atoms with Crippen molar-refractivity contribution in [2.75, 3.05) is 32.2 Å². The number of methoxy groups -OCH3 is 1. The molecule has 0 heterocycles. The number of carbonyl (C=O) groups excluding carboxylic acids is 2. The van der Waals surface area contributed by atoms with Gasteiger partial charge in [-0.2, -0.15) is 0 Å². The van der Waals surface area contributed by atoms with Crippen molar-refractivity contribution in [3.63, 3.8) is 0 Å². The lowest BCUT2D eigenvalue weighted by molar-refractivity contribution is -0.384. The molecule has 0 aromatic heterocycles. The number of ether oxygens (including phenoxy) is 2. The SMILES string of the molecule is COCCNc1ccc([N+](=O)[O-])cc1C(=O)OCC(=O)C12CC3CC(CC(C3)C1)C2. The van der Waals surface area contributed by atoms with Gasteiger partial charge >= 0.3 is 5.97 Å². The normalized spacial score (nSPS) is 28.9. The number of benzene rings is 1. The molecule has 1 aromatic carbocycles. The first-order valence-corrected chi connectivity index (χ1v) is 10.6. The summed E-state index contributed by atoms with van der Waals surface area (Å²) in [6.45, 7) is 0.571. The maximum absolute atomic E-state index is 13.1. The molecule has 5 rings (SSSR count). The maximum atomic E-state index is 13.1. The van der Waals surface area contributed by atoms with Gasteiger partial charge in [-0.05, 0) is 62.3 Å². The molecular weight excluding hydrogens is 388 g/mol. The topological polar surface area (TPSA) is 108 Å². The summed E-state index contributed by atoms with van der Waals surface area (Å²) in [5, 5.41) is 14.2. The van der Waals surface area contributed by atoms with Gasteiger partial charge in [-0.25, -0.2) is 4.79 Å². The van der Waals surface area contributed by atoms with Gasteiger partial charge in [0.15, 0.2) is 12.4 Å². The molecule has 0 spiro atoms. The fourth-order valence-corrected chi connectivity index (χ4v) is 6.07. The predicted octanol–water partition coefficient (Wildman–Crippen LogP) is 3.60. The standard InChI is InChI=1S/C22H28N2O6/c1-29-5-4-23-19-3-2-17(24(27)28)9-18(19)21(26)30-13-20(25)22-10-14-6-15(11-22)8-16(7-14)12-22/h2-3,9,14-16,23H,4-8,10-13H2,1H3. The smallest absolute Gasteiger partial charge is 0.340 e. The first-order valence-electron chi connectivity index (χ1n) is 10.6. The number of nitrogens with zero attached hydrogens (tertiary/aromatic N) is 1. The first kappa shape index (κ1) is 20.8. The highest BCUT2D eigenvalue weighted by Gasteiger charge is 2.54. The minimum Gasteiger partial charge on any atom is -0.454 e. The molecule has 1 aromatic rings. The number of carbonyl (C=O) groups is 2. The van der Waals surface area contributed by atoms with Crippen molar-refractivity contribution in [1.82, 2.24) is 0 Å². The summed E-state index contributed by atoms with van der Waals surface area (Å²) in [5.74, 6) is 1.17. The molecule has 0 aliphatic heterocycles. The Labute approximate surface area is 175 Å².